The van der Waals surface area contributed by atoms with Crippen LogP contribution in [0.15, 0.2) is 18.2 Å². The fourth-order valence-electron chi connectivity index (χ4n) is 2.32. The predicted molar refractivity (Wildman–Crippen MR) is 64.4 cm³/mol. The van der Waals surface area contributed by atoms with E-state index in [9.17, 15) is 0 Å². The van der Waals surface area contributed by atoms with E-state index in [0.29, 0.717) is 11.9 Å². The van der Waals surface area contributed by atoms with Gasteiger partial charge in [-0.05, 0) is 31.4 Å². The topological polar surface area (TPSA) is 16.1 Å². The Morgan fingerprint density at radius 3 is 2.87 bits per heavy atom. The molecule has 0 aliphatic carbocycles. The van der Waals surface area contributed by atoms with Crippen LogP contribution in [0.2, 0.25) is 0 Å². The first-order chi connectivity index (χ1) is 7.20. The molecule has 15 heavy (non-hydrogen) atoms. The summed E-state index contributed by atoms with van der Waals surface area (Å²) < 4.78 is 0. The molecule has 0 aromatic carbocycles. The summed E-state index contributed by atoms with van der Waals surface area (Å²) in [7, 11) is 0. The largest absolute Gasteiger partial charge is 0.354 e. The Hall–Kier alpha value is -0.760. The van der Waals surface area contributed by atoms with Crippen molar-refractivity contribution < 1.29 is 0 Å². The van der Waals surface area contributed by atoms with Crippen LogP contribution in [0.4, 0.5) is 5.82 Å². The molecule has 0 N–H and O–H groups in total. The second-order valence-corrected chi connectivity index (χ2v) is 4.73. The summed E-state index contributed by atoms with van der Waals surface area (Å²) in [5, 5.41) is 0. The standard InChI is InChI=1S/C12H17ClN2/c1-9-6-10(2)15(8-9)12-5-3-4-11(7-13)14-12/h3-5,9-10H,6-8H2,1-2H3. The summed E-state index contributed by atoms with van der Waals surface area (Å²) in [4.78, 5) is 6.93. The molecule has 1 aliphatic heterocycles. The first-order valence-corrected chi connectivity index (χ1v) is 6.02. The van der Waals surface area contributed by atoms with Gasteiger partial charge in [0.1, 0.15) is 5.82 Å². The lowest BCUT2D eigenvalue weighted by atomic mass is 10.1. The fourth-order valence-corrected chi connectivity index (χ4v) is 2.47. The second kappa shape index (κ2) is 4.40. The summed E-state index contributed by atoms with van der Waals surface area (Å²) in [6.07, 6.45) is 1.26. The number of halogens is 1. The molecular weight excluding hydrogens is 208 g/mol. The molecule has 2 unspecified atom stereocenters. The highest BCUT2D eigenvalue weighted by atomic mass is 35.5. The van der Waals surface area contributed by atoms with Crippen molar-refractivity contribution in [3.05, 3.63) is 23.9 Å². The van der Waals surface area contributed by atoms with Gasteiger partial charge >= 0.3 is 0 Å². The maximum atomic E-state index is 5.79. The zero-order valence-corrected chi connectivity index (χ0v) is 10.0. The number of aromatic nitrogens is 1. The van der Waals surface area contributed by atoms with Crippen molar-refractivity contribution in [3.63, 3.8) is 0 Å². The average Bonchev–Trinajstić information content (AvgIpc) is 2.58. The average molecular weight is 225 g/mol. The maximum absolute atomic E-state index is 5.79. The van der Waals surface area contributed by atoms with Gasteiger partial charge in [-0.3, -0.25) is 0 Å². The molecule has 1 saturated heterocycles. The van der Waals surface area contributed by atoms with Crippen molar-refractivity contribution in [1.82, 2.24) is 4.98 Å². The summed E-state index contributed by atoms with van der Waals surface area (Å²) in [6, 6.07) is 6.68. The molecule has 3 heteroatoms. The van der Waals surface area contributed by atoms with Gasteiger partial charge in [0, 0.05) is 12.6 Å². The third-order valence-electron chi connectivity index (χ3n) is 3.01. The van der Waals surface area contributed by atoms with Crippen LogP contribution in [0.5, 0.6) is 0 Å². The predicted octanol–water partition coefficient (Wildman–Crippen LogP) is 3.06. The molecule has 1 aromatic heterocycles. The molecule has 0 saturated carbocycles. The monoisotopic (exact) mass is 224 g/mol. The van der Waals surface area contributed by atoms with Crippen LogP contribution in [-0.4, -0.2) is 17.6 Å². The third-order valence-corrected chi connectivity index (χ3v) is 3.28. The Morgan fingerprint density at radius 1 is 1.47 bits per heavy atom. The van der Waals surface area contributed by atoms with Gasteiger partial charge in [-0.25, -0.2) is 4.98 Å². The molecule has 0 spiro atoms. The highest BCUT2D eigenvalue weighted by molar-refractivity contribution is 6.16. The number of hydrogen-bond donors (Lipinski definition) is 0. The molecule has 0 bridgehead atoms. The van der Waals surface area contributed by atoms with Crippen LogP contribution in [0.3, 0.4) is 0 Å². The van der Waals surface area contributed by atoms with Crippen LogP contribution < -0.4 is 4.90 Å². The first kappa shape index (κ1) is 10.7. The van der Waals surface area contributed by atoms with Crippen LogP contribution >= 0.6 is 11.6 Å². The Kier molecular flexibility index (Phi) is 3.15. The van der Waals surface area contributed by atoms with Crippen LogP contribution in [0.1, 0.15) is 26.0 Å². The Labute approximate surface area is 96.3 Å². The van der Waals surface area contributed by atoms with Crippen molar-refractivity contribution in [2.75, 3.05) is 11.4 Å². The number of nitrogens with zero attached hydrogens (tertiary/aromatic N) is 2. The molecule has 2 nitrogen and oxygen atoms in total. The minimum Gasteiger partial charge on any atom is -0.354 e. The molecule has 1 aliphatic rings. The minimum atomic E-state index is 0.492. The smallest absolute Gasteiger partial charge is 0.129 e. The Balaban J connectivity index is 2.21. The van der Waals surface area contributed by atoms with Crippen molar-refractivity contribution in [2.45, 2.75) is 32.2 Å². The molecular formula is C12H17ClN2. The van der Waals surface area contributed by atoms with Crippen molar-refractivity contribution in [2.24, 2.45) is 5.92 Å². The van der Waals surface area contributed by atoms with Gasteiger partial charge in [-0.15, -0.1) is 11.6 Å². The van der Waals surface area contributed by atoms with E-state index >= 15 is 0 Å². The number of hydrogen-bond acceptors (Lipinski definition) is 2. The molecule has 2 rings (SSSR count). The third kappa shape index (κ3) is 2.25. The number of rotatable bonds is 2. The lowest BCUT2D eigenvalue weighted by Crippen LogP contribution is -2.27. The number of pyridine rings is 1. The van der Waals surface area contributed by atoms with Gasteiger partial charge in [-0.2, -0.15) is 0 Å². The van der Waals surface area contributed by atoms with E-state index in [1.54, 1.807) is 0 Å². The van der Waals surface area contributed by atoms with Gasteiger partial charge in [0.2, 0.25) is 0 Å². The summed E-state index contributed by atoms with van der Waals surface area (Å²) >= 11 is 5.79. The molecule has 1 fully saturated rings. The molecule has 0 radical (unpaired) electrons. The molecule has 2 heterocycles. The lowest BCUT2D eigenvalue weighted by Gasteiger charge is -2.22. The molecule has 82 valence electrons. The van der Waals surface area contributed by atoms with Gasteiger partial charge < -0.3 is 4.90 Å². The highest BCUT2D eigenvalue weighted by Crippen LogP contribution is 2.27. The van der Waals surface area contributed by atoms with Gasteiger partial charge in [0.25, 0.3) is 0 Å². The summed E-state index contributed by atoms with van der Waals surface area (Å²) in [5.41, 5.74) is 0.959. The van der Waals surface area contributed by atoms with E-state index < -0.39 is 0 Å². The molecule has 2 atom stereocenters. The van der Waals surface area contributed by atoms with E-state index in [1.807, 2.05) is 12.1 Å². The minimum absolute atomic E-state index is 0.492. The Morgan fingerprint density at radius 2 is 2.27 bits per heavy atom. The first-order valence-electron chi connectivity index (χ1n) is 5.49. The molecule has 1 aromatic rings. The van der Waals surface area contributed by atoms with Gasteiger partial charge in [0.15, 0.2) is 0 Å². The van der Waals surface area contributed by atoms with Crippen molar-refractivity contribution in [3.8, 4) is 0 Å². The zero-order chi connectivity index (χ0) is 10.8. The second-order valence-electron chi connectivity index (χ2n) is 4.46. The molecule has 0 amide bonds. The number of anilines is 1. The van der Waals surface area contributed by atoms with Gasteiger partial charge in [0.05, 0.1) is 11.6 Å². The Bertz CT molecular complexity index is 340. The van der Waals surface area contributed by atoms with Crippen molar-refractivity contribution >= 4 is 17.4 Å². The van der Waals surface area contributed by atoms with Crippen LogP contribution in [-0.2, 0) is 5.88 Å². The van der Waals surface area contributed by atoms with Crippen LogP contribution in [0, 0.1) is 5.92 Å². The lowest BCUT2D eigenvalue weighted by molar-refractivity contribution is 0.625. The van der Waals surface area contributed by atoms with E-state index in [0.717, 1.165) is 24.0 Å². The van der Waals surface area contributed by atoms with E-state index in [1.165, 1.54) is 6.42 Å². The quantitative estimate of drug-likeness (QED) is 0.718. The van der Waals surface area contributed by atoms with E-state index in [-0.39, 0.29) is 0 Å². The van der Waals surface area contributed by atoms with Gasteiger partial charge in [-0.1, -0.05) is 13.0 Å². The van der Waals surface area contributed by atoms with Crippen molar-refractivity contribution in [1.29, 1.82) is 0 Å². The number of alkyl halides is 1. The zero-order valence-electron chi connectivity index (χ0n) is 9.28. The SMILES string of the molecule is CC1CC(C)N(c2cccc(CCl)n2)C1. The summed E-state index contributed by atoms with van der Waals surface area (Å²) in [6.45, 7) is 5.67. The normalized spacial score (nSPS) is 25.9. The fraction of sp³-hybridized carbons (Fsp3) is 0.583. The van der Waals surface area contributed by atoms with E-state index in [4.69, 9.17) is 11.6 Å². The summed E-state index contributed by atoms with van der Waals surface area (Å²) in [5.74, 6) is 2.33. The highest BCUT2D eigenvalue weighted by Gasteiger charge is 2.26. The van der Waals surface area contributed by atoms with Crippen LogP contribution in [0.25, 0.3) is 0 Å². The maximum Gasteiger partial charge on any atom is 0.129 e. The van der Waals surface area contributed by atoms with E-state index in [2.05, 4.69) is 29.8 Å².